The Morgan fingerprint density at radius 2 is 1.88 bits per heavy atom. The van der Waals surface area contributed by atoms with Crippen LogP contribution in [0.5, 0.6) is 0 Å². The van der Waals surface area contributed by atoms with E-state index in [1.165, 1.54) is 6.21 Å². The summed E-state index contributed by atoms with van der Waals surface area (Å²) in [6.07, 6.45) is -2.27. The first kappa shape index (κ1) is 18.8. The Bertz CT molecular complexity index is 751. The van der Waals surface area contributed by atoms with Crippen LogP contribution in [0.3, 0.4) is 0 Å². The summed E-state index contributed by atoms with van der Waals surface area (Å²) in [4.78, 5) is 8.76. The molecule has 1 aromatic heterocycles. The molecule has 3 nitrogen and oxygen atoms in total. The minimum absolute atomic E-state index is 0.0861. The monoisotopic (exact) mass is 396 g/mol. The molecule has 0 aliphatic carbocycles. The number of hydrogen-bond acceptors (Lipinski definition) is 3. The quantitative estimate of drug-likeness (QED) is 0.471. The van der Waals surface area contributed by atoms with Gasteiger partial charge in [0.15, 0.2) is 0 Å². The van der Waals surface area contributed by atoms with Crippen LogP contribution < -0.4 is 0 Å². The first-order chi connectivity index (χ1) is 11.3. The molecule has 0 saturated heterocycles. The van der Waals surface area contributed by atoms with E-state index >= 15 is 0 Å². The number of pyridine rings is 1. The van der Waals surface area contributed by atoms with Gasteiger partial charge in [0.05, 0.1) is 16.3 Å². The first-order valence-corrected chi connectivity index (χ1v) is 7.70. The van der Waals surface area contributed by atoms with E-state index in [1.807, 2.05) is 0 Å². The fourth-order valence-electron chi connectivity index (χ4n) is 1.69. The van der Waals surface area contributed by atoms with Crippen molar-refractivity contribution in [2.24, 2.45) is 5.16 Å². The van der Waals surface area contributed by atoms with E-state index in [2.05, 4.69) is 10.1 Å². The van der Waals surface area contributed by atoms with E-state index in [4.69, 9.17) is 39.6 Å². The second-order valence-electron chi connectivity index (χ2n) is 4.65. The molecule has 0 atom stereocenters. The lowest BCUT2D eigenvalue weighted by molar-refractivity contribution is -0.137. The van der Waals surface area contributed by atoms with Crippen LogP contribution in [-0.2, 0) is 24.0 Å². The van der Waals surface area contributed by atoms with Crippen LogP contribution in [0.1, 0.15) is 16.8 Å². The number of benzene rings is 1. The predicted molar refractivity (Wildman–Crippen MR) is 87.7 cm³/mol. The van der Waals surface area contributed by atoms with Crippen molar-refractivity contribution in [3.05, 3.63) is 62.4 Å². The van der Waals surface area contributed by atoms with Gasteiger partial charge in [-0.3, -0.25) is 4.98 Å². The lowest BCUT2D eigenvalue weighted by Crippen LogP contribution is -2.06. The van der Waals surface area contributed by atoms with Crippen molar-refractivity contribution in [3.8, 4) is 0 Å². The third-order valence-electron chi connectivity index (χ3n) is 2.91. The molecule has 0 bridgehead atoms. The average Bonchev–Trinajstić information content (AvgIpc) is 2.49. The molecule has 0 amide bonds. The van der Waals surface area contributed by atoms with Crippen LogP contribution in [0.25, 0.3) is 0 Å². The molecule has 24 heavy (non-hydrogen) atoms. The molecule has 0 saturated carbocycles. The van der Waals surface area contributed by atoms with E-state index in [0.717, 1.165) is 12.3 Å². The minimum atomic E-state index is -4.48. The molecular formula is C15H10Cl3F3N2O. The van der Waals surface area contributed by atoms with Crippen LogP contribution >= 0.6 is 34.8 Å². The SMILES string of the molecule is FC(F)(F)c1cnc(C/C=N/OCc2ccc(Cl)cc2Cl)c(Cl)c1. The molecule has 2 rings (SSSR count). The number of nitrogens with zero attached hydrogens (tertiary/aromatic N) is 2. The molecule has 2 aromatic rings. The molecule has 0 aliphatic rings. The maximum Gasteiger partial charge on any atom is 0.417 e. The van der Waals surface area contributed by atoms with Gasteiger partial charge in [-0.15, -0.1) is 0 Å². The highest BCUT2D eigenvalue weighted by molar-refractivity contribution is 6.35. The summed E-state index contributed by atoms with van der Waals surface area (Å²) < 4.78 is 37.5. The van der Waals surface area contributed by atoms with Gasteiger partial charge in [0, 0.05) is 34.4 Å². The maximum atomic E-state index is 12.5. The van der Waals surface area contributed by atoms with Gasteiger partial charge < -0.3 is 4.84 Å². The zero-order valence-corrected chi connectivity index (χ0v) is 14.2. The molecule has 0 unspecified atom stereocenters. The summed E-state index contributed by atoms with van der Waals surface area (Å²) in [6.45, 7) is 0.126. The van der Waals surface area contributed by atoms with Crippen molar-refractivity contribution >= 4 is 41.0 Å². The molecule has 0 aliphatic heterocycles. The topological polar surface area (TPSA) is 34.5 Å². The van der Waals surface area contributed by atoms with E-state index in [-0.39, 0.29) is 23.7 Å². The fourth-order valence-corrected chi connectivity index (χ4v) is 2.40. The number of hydrogen-bond donors (Lipinski definition) is 0. The largest absolute Gasteiger partial charge is 0.417 e. The van der Waals surface area contributed by atoms with Crippen LogP contribution in [0.2, 0.25) is 15.1 Å². The highest BCUT2D eigenvalue weighted by atomic mass is 35.5. The van der Waals surface area contributed by atoms with Gasteiger partial charge in [-0.05, 0) is 18.2 Å². The smallest absolute Gasteiger partial charge is 0.391 e. The van der Waals surface area contributed by atoms with Gasteiger partial charge in [0.1, 0.15) is 6.61 Å². The van der Waals surface area contributed by atoms with E-state index < -0.39 is 11.7 Å². The molecule has 0 radical (unpaired) electrons. The Balaban J connectivity index is 1.90. The average molecular weight is 398 g/mol. The highest BCUT2D eigenvalue weighted by Crippen LogP contribution is 2.31. The molecule has 0 spiro atoms. The highest BCUT2D eigenvalue weighted by Gasteiger charge is 2.31. The van der Waals surface area contributed by atoms with Crippen molar-refractivity contribution in [1.29, 1.82) is 0 Å². The summed E-state index contributed by atoms with van der Waals surface area (Å²) in [5, 5.41) is 4.57. The fraction of sp³-hybridized carbons (Fsp3) is 0.200. The van der Waals surface area contributed by atoms with Crippen molar-refractivity contribution in [3.63, 3.8) is 0 Å². The van der Waals surface area contributed by atoms with Crippen LogP contribution in [0.15, 0.2) is 35.6 Å². The number of halogens is 6. The van der Waals surface area contributed by atoms with Gasteiger partial charge in [-0.2, -0.15) is 13.2 Å². The molecule has 1 aromatic carbocycles. The summed E-state index contributed by atoms with van der Waals surface area (Å²) in [7, 11) is 0. The Labute approximate surface area is 151 Å². The van der Waals surface area contributed by atoms with Gasteiger partial charge in [0.2, 0.25) is 0 Å². The Morgan fingerprint density at radius 3 is 2.50 bits per heavy atom. The number of rotatable bonds is 5. The standard InChI is InChI=1S/C15H10Cl3F3N2O/c16-11-2-1-9(12(17)6-11)8-24-23-4-3-14-13(18)5-10(7-22-14)15(19,20)21/h1-2,4-7H,3,8H2/b23-4+. The van der Waals surface area contributed by atoms with Crippen molar-refractivity contribution in [2.75, 3.05) is 0 Å². The molecule has 0 N–H and O–H groups in total. The lowest BCUT2D eigenvalue weighted by Gasteiger charge is -2.07. The second-order valence-corrected chi connectivity index (χ2v) is 5.90. The third-order valence-corrected chi connectivity index (χ3v) is 3.83. The van der Waals surface area contributed by atoms with Crippen LogP contribution in [0, 0.1) is 0 Å². The third kappa shape index (κ3) is 5.26. The second kappa shape index (κ2) is 8.05. The van der Waals surface area contributed by atoms with E-state index in [9.17, 15) is 13.2 Å². The van der Waals surface area contributed by atoms with Gasteiger partial charge in [-0.25, -0.2) is 0 Å². The molecular weight excluding hydrogens is 388 g/mol. The molecule has 9 heteroatoms. The van der Waals surface area contributed by atoms with Crippen molar-refractivity contribution < 1.29 is 18.0 Å². The van der Waals surface area contributed by atoms with E-state index in [1.54, 1.807) is 18.2 Å². The summed E-state index contributed by atoms with van der Waals surface area (Å²) in [6, 6.07) is 5.78. The number of aromatic nitrogens is 1. The Hall–Kier alpha value is -1.50. The van der Waals surface area contributed by atoms with Crippen molar-refractivity contribution in [2.45, 2.75) is 19.2 Å². The molecule has 0 fully saturated rings. The van der Waals surface area contributed by atoms with Gasteiger partial charge in [0.25, 0.3) is 0 Å². The van der Waals surface area contributed by atoms with Crippen molar-refractivity contribution in [1.82, 2.24) is 4.98 Å². The molecule has 128 valence electrons. The normalized spacial score (nSPS) is 11.9. The molecule has 1 heterocycles. The zero-order valence-electron chi connectivity index (χ0n) is 11.9. The van der Waals surface area contributed by atoms with E-state index in [0.29, 0.717) is 15.6 Å². The van der Waals surface area contributed by atoms with Gasteiger partial charge >= 0.3 is 6.18 Å². The Kier molecular flexibility index (Phi) is 6.32. The summed E-state index contributed by atoms with van der Waals surface area (Å²) in [5.41, 5.74) is 0.0623. The first-order valence-electron chi connectivity index (χ1n) is 6.56. The summed E-state index contributed by atoms with van der Waals surface area (Å²) >= 11 is 17.5. The van der Waals surface area contributed by atoms with Gasteiger partial charge in [-0.1, -0.05) is 46.0 Å². The Morgan fingerprint density at radius 1 is 1.12 bits per heavy atom. The number of alkyl halides is 3. The lowest BCUT2D eigenvalue weighted by atomic mass is 10.2. The van der Waals surface area contributed by atoms with Crippen LogP contribution in [-0.4, -0.2) is 11.2 Å². The maximum absolute atomic E-state index is 12.5. The van der Waals surface area contributed by atoms with Crippen LogP contribution in [0.4, 0.5) is 13.2 Å². The summed E-state index contributed by atoms with van der Waals surface area (Å²) in [5.74, 6) is 0. The zero-order chi connectivity index (χ0) is 17.7. The number of oxime groups is 1. The minimum Gasteiger partial charge on any atom is -0.391 e. The predicted octanol–water partition coefficient (Wildman–Crippen LogP) is 5.81.